The van der Waals surface area contributed by atoms with Gasteiger partial charge in [-0.3, -0.25) is 0 Å². The fraction of sp³-hybridized carbons (Fsp3) is 1.00. The molecule has 1 N–H and O–H groups in total. The second kappa shape index (κ2) is 5.44. The first-order valence-electron chi connectivity index (χ1n) is 5.20. The molecule has 0 unspecified atom stereocenters. The molecule has 0 saturated carbocycles. The SMILES string of the molecule is CNCCS(=O)(=O)N1CCCS(=O)(=O)CC1. The molecular formula is C8H18N2O4S2. The Labute approximate surface area is 97.0 Å². The molecule has 16 heavy (non-hydrogen) atoms. The van der Waals surface area contributed by atoms with Crippen molar-refractivity contribution in [2.45, 2.75) is 6.42 Å². The average molecular weight is 270 g/mol. The Morgan fingerprint density at radius 2 is 1.94 bits per heavy atom. The summed E-state index contributed by atoms with van der Waals surface area (Å²) in [6.07, 6.45) is 0.390. The highest BCUT2D eigenvalue weighted by molar-refractivity contribution is 7.91. The van der Waals surface area contributed by atoms with Crippen molar-refractivity contribution in [3.8, 4) is 0 Å². The number of nitrogens with zero attached hydrogens (tertiary/aromatic N) is 1. The summed E-state index contributed by atoms with van der Waals surface area (Å²) in [6, 6.07) is 0. The molecule has 0 aliphatic carbocycles. The lowest BCUT2D eigenvalue weighted by molar-refractivity contribution is 0.434. The van der Waals surface area contributed by atoms with Crippen LogP contribution in [0.4, 0.5) is 0 Å². The van der Waals surface area contributed by atoms with Crippen LogP contribution in [0.3, 0.4) is 0 Å². The molecule has 1 aliphatic heterocycles. The van der Waals surface area contributed by atoms with Crippen LogP contribution < -0.4 is 5.32 Å². The molecule has 0 aromatic carbocycles. The Balaban J connectivity index is 2.67. The first-order chi connectivity index (χ1) is 7.37. The largest absolute Gasteiger partial charge is 0.319 e. The summed E-state index contributed by atoms with van der Waals surface area (Å²) < 4.78 is 47.5. The van der Waals surface area contributed by atoms with Crippen LogP contribution in [0.5, 0.6) is 0 Å². The van der Waals surface area contributed by atoms with Crippen LogP contribution >= 0.6 is 0 Å². The van der Waals surface area contributed by atoms with Crippen LogP contribution in [-0.2, 0) is 19.9 Å². The molecule has 0 spiro atoms. The summed E-state index contributed by atoms with van der Waals surface area (Å²) in [7, 11) is -4.68. The third kappa shape index (κ3) is 4.00. The fourth-order valence-corrected chi connectivity index (χ4v) is 4.44. The van der Waals surface area contributed by atoms with Gasteiger partial charge in [0, 0.05) is 19.6 Å². The summed E-state index contributed by atoms with van der Waals surface area (Å²) in [4.78, 5) is 0. The highest BCUT2D eigenvalue weighted by Gasteiger charge is 2.26. The van der Waals surface area contributed by atoms with Crippen LogP contribution in [0.1, 0.15) is 6.42 Å². The first kappa shape index (κ1) is 13.9. The minimum Gasteiger partial charge on any atom is -0.319 e. The molecule has 1 fully saturated rings. The van der Waals surface area contributed by atoms with Crippen LogP contribution in [0.25, 0.3) is 0 Å². The zero-order valence-corrected chi connectivity index (χ0v) is 11.0. The molecule has 0 aromatic rings. The summed E-state index contributed by atoms with van der Waals surface area (Å²) in [5, 5.41) is 2.77. The minimum atomic E-state index is -3.31. The van der Waals surface area contributed by atoms with E-state index >= 15 is 0 Å². The van der Waals surface area contributed by atoms with Crippen molar-refractivity contribution in [3.63, 3.8) is 0 Å². The zero-order chi connectivity index (χ0) is 12.2. The van der Waals surface area contributed by atoms with Crippen LogP contribution in [-0.4, -0.2) is 65.1 Å². The highest BCUT2D eigenvalue weighted by atomic mass is 32.2. The quantitative estimate of drug-likeness (QED) is 0.683. The van der Waals surface area contributed by atoms with Gasteiger partial charge in [0.2, 0.25) is 10.0 Å². The molecule has 1 heterocycles. The fourth-order valence-electron chi connectivity index (χ4n) is 1.55. The monoisotopic (exact) mass is 270 g/mol. The summed E-state index contributed by atoms with van der Waals surface area (Å²) in [5.74, 6) is 0.0420. The number of nitrogens with one attached hydrogen (secondary N) is 1. The number of hydrogen-bond donors (Lipinski definition) is 1. The standard InChI is InChI=1S/C8H18N2O4S2/c1-9-3-7-16(13,14)10-4-2-6-15(11,12)8-5-10/h9H,2-8H2,1H3. The normalized spacial score (nSPS) is 22.8. The van der Waals surface area contributed by atoms with E-state index in [1.807, 2.05) is 0 Å². The molecule has 8 heteroatoms. The van der Waals surface area contributed by atoms with Crippen molar-refractivity contribution >= 4 is 19.9 Å². The van der Waals surface area contributed by atoms with Gasteiger partial charge in [0.05, 0.1) is 17.3 Å². The van der Waals surface area contributed by atoms with Crippen molar-refractivity contribution in [2.75, 3.05) is 43.9 Å². The minimum absolute atomic E-state index is 0.0174. The van der Waals surface area contributed by atoms with Crippen molar-refractivity contribution in [3.05, 3.63) is 0 Å². The van der Waals surface area contributed by atoms with Gasteiger partial charge in [-0.2, -0.15) is 0 Å². The van der Waals surface area contributed by atoms with Gasteiger partial charge in [0.1, 0.15) is 0 Å². The van der Waals surface area contributed by atoms with Crippen molar-refractivity contribution in [1.82, 2.24) is 9.62 Å². The van der Waals surface area contributed by atoms with E-state index in [4.69, 9.17) is 0 Å². The van der Waals surface area contributed by atoms with Crippen molar-refractivity contribution < 1.29 is 16.8 Å². The molecular weight excluding hydrogens is 252 g/mol. The maximum Gasteiger partial charge on any atom is 0.215 e. The smallest absolute Gasteiger partial charge is 0.215 e. The van der Waals surface area contributed by atoms with Crippen molar-refractivity contribution in [2.24, 2.45) is 0 Å². The summed E-state index contributed by atoms with van der Waals surface area (Å²) in [5.41, 5.74) is 0. The Morgan fingerprint density at radius 1 is 1.25 bits per heavy atom. The van der Waals surface area contributed by atoms with E-state index in [1.54, 1.807) is 7.05 Å². The van der Waals surface area contributed by atoms with Gasteiger partial charge in [-0.15, -0.1) is 0 Å². The average Bonchev–Trinajstić information content (AvgIpc) is 2.36. The molecule has 0 amide bonds. The van der Waals surface area contributed by atoms with Gasteiger partial charge in [0.25, 0.3) is 0 Å². The topological polar surface area (TPSA) is 83.6 Å². The molecule has 0 radical (unpaired) electrons. The van der Waals surface area contributed by atoms with Crippen LogP contribution in [0.15, 0.2) is 0 Å². The lowest BCUT2D eigenvalue weighted by atomic mass is 10.5. The van der Waals surface area contributed by atoms with Crippen LogP contribution in [0.2, 0.25) is 0 Å². The maximum atomic E-state index is 11.8. The number of rotatable bonds is 4. The van der Waals surface area contributed by atoms with Gasteiger partial charge < -0.3 is 5.32 Å². The zero-order valence-electron chi connectivity index (χ0n) is 9.35. The second-order valence-electron chi connectivity index (χ2n) is 3.82. The number of sulfonamides is 1. The first-order valence-corrected chi connectivity index (χ1v) is 8.63. The molecule has 0 aromatic heterocycles. The van der Waals surface area contributed by atoms with Crippen molar-refractivity contribution in [1.29, 1.82) is 0 Å². The predicted molar refractivity (Wildman–Crippen MR) is 62.6 cm³/mol. The second-order valence-corrected chi connectivity index (χ2v) is 8.22. The third-order valence-electron chi connectivity index (χ3n) is 2.52. The van der Waals surface area contributed by atoms with E-state index in [1.165, 1.54) is 4.31 Å². The highest BCUT2D eigenvalue weighted by Crippen LogP contribution is 2.09. The van der Waals surface area contributed by atoms with E-state index in [-0.39, 0.29) is 23.8 Å². The van der Waals surface area contributed by atoms with Gasteiger partial charge in [0.15, 0.2) is 9.84 Å². The molecule has 1 aliphatic rings. The predicted octanol–water partition coefficient (Wildman–Crippen LogP) is -1.34. The lowest BCUT2D eigenvalue weighted by Crippen LogP contribution is -2.37. The molecule has 6 nitrogen and oxygen atoms in total. The van der Waals surface area contributed by atoms with Crippen LogP contribution in [0, 0.1) is 0 Å². The Morgan fingerprint density at radius 3 is 2.56 bits per heavy atom. The lowest BCUT2D eigenvalue weighted by Gasteiger charge is -2.19. The van der Waals surface area contributed by atoms with E-state index in [9.17, 15) is 16.8 Å². The maximum absolute atomic E-state index is 11.8. The Kier molecular flexibility index (Phi) is 4.72. The third-order valence-corrected chi connectivity index (χ3v) is 6.11. The molecule has 0 atom stereocenters. The Hall–Kier alpha value is -0.180. The molecule has 1 saturated heterocycles. The molecule has 0 bridgehead atoms. The van der Waals surface area contributed by atoms with Gasteiger partial charge in [-0.25, -0.2) is 21.1 Å². The van der Waals surface area contributed by atoms with E-state index in [0.717, 1.165) is 0 Å². The number of hydrogen-bond acceptors (Lipinski definition) is 5. The van der Waals surface area contributed by atoms with E-state index < -0.39 is 19.9 Å². The Bertz CT molecular complexity index is 415. The van der Waals surface area contributed by atoms with Gasteiger partial charge in [-0.1, -0.05) is 0 Å². The number of sulfone groups is 1. The molecule has 1 rings (SSSR count). The van der Waals surface area contributed by atoms with Gasteiger partial charge in [-0.05, 0) is 13.5 Å². The molecule has 96 valence electrons. The summed E-state index contributed by atoms with van der Waals surface area (Å²) >= 11 is 0. The van der Waals surface area contributed by atoms with Gasteiger partial charge >= 0.3 is 0 Å². The van der Waals surface area contributed by atoms with E-state index in [2.05, 4.69) is 5.32 Å². The van der Waals surface area contributed by atoms with E-state index in [0.29, 0.717) is 19.5 Å². The summed E-state index contributed by atoms with van der Waals surface area (Å²) in [6.45, 7) is 0.783.